The first-order chi connectivity index (χ1) is 40.4. The number of carbonyl (C=O) groups excluding carboxylic acids is 2. The van der Waals surface area contributed by atoms with E-state index in [0.717, 1.165) is 78.5 Å². The van der Waals surface area contributed by atoms with Crippen LogP contribution < -0.4 is 46.0 Å². The van der Waals surface area contributed by atoms with E-state index in [1.165, 1.54) is 26.7 Å². The van der Waals surface area contributed by atoms with Gasteiger partial charge in [0.15, 0.2) is 28.7 Å². The molecule has 6 heterocycles. The van der Waals surface area contributed by atoms with Gasteiger partial charge in [0.25, 0.3) is 13.7 Å². The number of carbonyl (C=O) groups is 2. The highest BCUT2D eigenvalue weighted by Crippen LogP contribution is 2.65. The van der Waals surface area contributed by atoms with Crippen LogP contribution in [0.2, 0.25) is 0 Å². The van der Waals surface area contributed by atoms with Crippen LogP contribution in [0.15, 0.2) is 54.9 Å². The highest BCUT2D eigenvalue weighted by Gasteiger charge is 2.48. The number of amides is 2. The predicted molar refractivity (Wildman–Crippen MR) is 319 cm³/mol. The second kappa shape index (κ2) is 25.4. The number of unbranched alkanes of at least 4 members (excludes halogenated alkanes) is 3. The molecule has 4 aliphatic heterocycles. The Morgan fingerprint density at radius 2 is 1.59 bits per heavy atom. The summed E-state index contributed by atoms with van der Waals surface area (Å²) in [6, 6.07) is 16.9. The molecule has 5 aromatic rings. The number of nitrogens with one attached hydrogen (secondary N) is 2. The van der Waals surface area contributed by atoms with E-state index in [9.17, 15) is 48.2 Å². The van der Waals surface area contributed by atoms with Gasteiger partial charge in [0, 0.05) is 90.8 Å². The molecule has 86 heavy (non-hydrogen) atoms. The van der Waals surface area contributed by atoms with E-state index in [1.54, 1.807) is 11.9 Å². The topological polar surface area (TPSA) is 359 Å². The molecule has 468 valence electrons. The van der Waals surface area contributed by atoms with Crippen LogP contribution in [0.5, 0.6) is 11.5 Å². The number of benzene rings is 3. The molecule has 2 aromatic heterocycles. The number of rotatable bonds is 24. The number of hydrogen-bond acceptors (Lipinski definition) is 19. The molecule has 0 spiro atoms. The fourth-order valence-electron chi connectivity index (χ4n) is 13.0. The summed E-state index contributed by atoms with van der Waals surface area (Å²) in [5.74, 6) is 1.93. The van der Waals surface area contributed by atoms with Crippen molar-refractivity contribution in [3.63, 3.8) is 0 Å². The number of aliphatic hydroxyl groups excluding tert-OH is 2. The van der Waals surface area contributed by atoms with Crippen molar-refractivity contribution in [1.29, 1.82) is 0 Å². The van der Waals surface area contributed by atoms with Gasteiger partial charge in [0.05, 0.1) is 12.7 Å². The summed E-state index contributed by atoms with van der Waals surface area (Å²) < 4.78 is 63.5. The number of nitrogens with two attached hydrogens (primary N) is 1. The minimum Gasteiger partial charge on any atom is -0.756 e. The number of imidazole rings is 1. The van der Waals surface area contributed by atoms with Crippen LogP contribution in [0.25, 0.3) is 16.7 Å². The molecule has 29 heteroatoms. The molecule has 2 amide bonds. The van der Waals surface area contributed by atoms with E-state index in [0.29, 0.717) is 56.3 Å². The highest BCUT2D eigenvalue weighted by molar-refractivity contribution is 7.66. The zero-order valence-corrected chi connectivity index (χ0v) is 52.5. The number of ether oxygens (including phenoxy) is 2. The van der Waals surface area contributed by atoms with Crippen LogP contribution in [0.1, 0.15) is 157 Å². The zero-order chi connectivity index (χ0) is 62.4. The minimum absolute atomic E-state index is 0.0163. The average molecular weight is 1250 g/mol. The lowest BCUT2D eigenvalue weighted by atomic mass is 9.77. The normalized spacial score (nSPS) is 23.2. The summed E-state index contributed by atoms with van der Waals surface area (Å²) in [6.45, 7) is 20.0. The number of fused-ring (bicyclic) bond motifs is 5. The van der Waals surface area contributed by atoms with Crippen LogP contribution in [0.4, 0.5) is 17.5 Å². The van der Waals surface area contributed by atoms with Gasteiger partial charge < -0.3 is 65.4 Å². The largest absolute Gasteiger partial charge is 0.756 e. The quantitative estimate of drug-likeness (QED) is 0.0206. The molecule has 1 fully saturated rings. The van der Waals surface area contributed by atoms with Gasteiger partial charge >= 0.3 is 15.6 Å². The Morgan fingerprint density at radius 1 is 0.884 bits per heavy atom. The first-order valence-corrected chi connectivity index (χ1v) is 33.5. The maximum absolute atomic E-state index is 14.7. The molecule has 5 unspecified atom stereocenters. The average Bonchev–Trinajstić information content (AvgIpc) is 0.925. The third kappa shape index (κ3) is 13.8. The van der Waals surface area contributed by atoms with E-state index in [2.05, 4.69) is 128 Å². The van der Waals surface area contributed by atoms with E-state index >= 15 is 0 Å². The van der Waals surface area contributed by atoms with Crippen LogP contribution in [-0.2, 0) is 36.4 Å². The van der Waals surface area contributed by atoms with Crippen molar-refractivity contribution in [2.75, 3.05) is 62.3 Å². The first kappa shape index (κ1) is 64.8. The van der Waals surface area contributed by atoms with Gasteiger partial charge in [-0.05, 0) is 108 Å². The maximum atomic E-state index is 14.7. The first-order valence-electron chi connectivity index (χ1n) is 29.0. The number of anilines is 3. The van der Waals surface area contributed by atoms with Gasteiger partial charge in [-0.1, -0.05) is 44.9 Å². The monoisotopic (exact) mass is 1250 g/mol. The van der Waals surface area contributed by atoms with Gasteiger partial charge in [-0.2, -0.15) is 4.31 Å². The van der Waals surface area contributed by atoms with Crippen LogP contribution in [0, 0.1) is 0 Å². The summed E-state index contributed by atoms with van der Waals surface area (Å²) in [5, 5.41) is 30.2. The standard InChI is InChI=1S/C57H79N10O16P3/c1-10-65-41-27-43-39(25-37(41)33(3)29-56(65,5)6)47(40-26-38-34(4)30-57(7,8)66(11-2)42(38)28-44(40)80-43)35-19-14-15-20-36(35)53(71)64(9)24-18-21-46(68)59-22-16-12-13-17-23-60-55-63-48-51(58)61-32-62-52(48)67(55)54-50(70)49(69)45(81-54)31-79-85(75,76)83-86(77,78)82-84(72,73)74/h14-15,19-20,25-28,32-34,45,49-50,54,58,69-70H,10-13,16-18,21-24,29-31H2,1-9H3,(H6,59,68,71,72,73,74,75,76,77,78)/t33?,34?,45-,49-,50-,54-/m1/s1. The van der Waals surface area contributed by atoms with Gasteiger partial charge in [-0.3, -0.25) is 23.2 Å². The maximum Gasteiger partial charge on any atom is 0.487 e. The number of phosphoric ester groups is 1. The molecule has 1 saturated heterocycles. The number of hydrogen-bond donors (Lipinski definition) is 8. The SMILES string of the molecule is CCN1c2cc3c(cc2C(C)CC1(C)C)C(c1ccccc1C(=O)N(C)CCCC(=O)NCCCCCCNc1nc2c(N)ncnc2n1[C@@H]1O[C@H](COP(=O)(O)OP(=O)(O)OP(=O)([O-])O)[C@@H](O)[C@H]1O)=c1cc2c(cc1O3)=[N+](CC)C(C)(C)CC2C. The molecule has 0 saturated carbocycles. The van der Waals surface area contributed by atoms with Crippen molar-refractivity contribution in [3.8, 4) is 11.5 Å². The Kier molecular flexibility index (Phi) is 19.1. The Bertz CT molecular complexity index is 3690. The zero-order valence-electron chi connectivity index (χ0n) is 49.8. The summed E-state index contributed by atoms with van der Waals surface area (Å²) >= 11 is 0. The molecule has 9 atom stereocenters. The molecule has 4 aliphatic rings. The van der Waals surface area contributed by atoms with Crippen molar-refractivity contribution in [1.82, 2.24) is 34.3 Å². The van der Waals surface area contributed by atoms with Crippen LogP contribution >= 0.6 is 23.5 Å². The van der Waals surface area contributed by atoms with E-state index in [-0.39, 0.29) is 52.2 Å². The third-order valence-corrected chi connectivity index (χ3v) is 20.4. The fraction of sp³-hybridized carbons (Fsp3) is 0.544. The summed E-state index contributed by atoms with van der Waals surface area (Å²) in [4.78, 5) is 83.6. The lowest BCUT2D eigenvalue weighted by molar-refractivity contribution is -0.212. The lowest BCUT2D eigenvalue weighted by Gasteiger charge is -2.47. The van der Waals surface area contributed by atoms with Crippen molar-refractivity contribution >= 4 is 69.5 Å². The van der Waals surface area contributed by atoms with Crippen LogP contribution in [0.3, 0.4) is 0 Å². The Balaban J connectivity index is 0.800. The summed E-state index contributed by atoms with van der Waals surface area (Å²) in [5.41, 5.74) is 13.2. The van der Waals surface area contributed by atoms with Crippen molar-refractivity contribution in [2.45, 2.75) is 154 Å². The van der Waals surface area contributed by atoms with Gasteiger partial charge in [0.1, 0.15) is 42.7 Å². The van der Waals surface area contributed by atoms with E-state index < -0.39 is 54.6 Å². The molecule has 3 aromatic carbocycles. The molecule has 0 aliphatic carbocycles. The number of aromatic nitrogens is 4. The van der Waals surface area contributed by atoms with Crippen LogP contribution in [-0.4, -0.2) is 137 Å². The van der Waals surface area contributed by atoms with Gasteiger partial charge in [0.2, 0.25) is 17.2 Å². The summed E-state index contributed by atoms with van der Waals surface area (Å²) in [7, 11) is -15.6. The molecular formula is C57H79N10O16P3. The Labute approximate surface area is 498 Å². The minimum atomic E-state index is -5.89. The molecule has 9 N–H and O–H groups in total. The fourth-order valence-corrected chi connectivity index (χ4v) is 16.0. The van der Waals surface area contributed by atoms with Crippen molar-refractivity contribution in [2.24, 2.45) is 0 Å². The Hall–Kier alpha value is -5.69. The Morgan fingerprint density at radius 3 is 2.30 bits per heavy atom. The predicted octanol–water partition coefficient (Wildman–Crippen LogP) is 5.64. The molecular weight excluding hydrogens is 1170 g/mol. The lowest BCUT2D eigenvalue weighted by Crippen LogP contribution is -2.52. The highest BCUT2D eigenvalue weighted by atomic mass is 31.3. The second-order valence-corrected chi connectivity index (χ2v) is 28.2. The number of nitrogens with zero attached hydrogens (tertiary/aromatic N) is 7. The van der Waals surface area contributed by atoms with Gasteiger partial charge in [-0.15, -0.1) is 0 Å². The number of aliphatic hydroxyl groups is 2. The van der Waals surface area contributed by atoms with E-state index in [1.807, 2.05) is 24.3 Å². The van der Waals surface area contributed by atoms with Crippen molar-refractivity contribution < 1.29 is 75.7 Å². The number of phosphoric acid groups is 3. The third-order valence-electron chi connectivity index (χ3n) is 16.7. The molecule has 9 rings (SSSR count). The van der Waals surface area contributed by atoms with E-state index in [4.69, 9.17) is 20.1 Å². The smallest absolute Gasteiger partial charge is 0.487 e. The molecule has 0 bridgehead atoms. The summed E-state index contributed by atoms with van der Waals surface area (Å²) in [6.07, 6.45) is 0.0233. The molecule has 0 radical (unpaired) electrons. The molecule has 26 nitrogen and oxygen atoms in total. The van der Waals surface area contributed by atoms with Gasteiger partial charge in [-0.25, -0.2) is 33.0 Å². The second-order valence-electron chi connectivity index (χ2n) is 23.8. The van der Waals surface area contributed by atoms with Crippen molar-refractivity contribution in [3.05, 3.63) is 93.3 Å². The number of nitrogen functional groups attached to an aromatic ring is 1.